The van der Waals surface area contributed by atoms with Crippen molar-refractivity contribution in [1.82, 2.24) is 25.1 Å². The highest BCUT2D eigenvalue weighted by molar-refractivity contribution is 7.19. The highest BCUT2D eigenvalue weighted by Crippen LogP contribution is 2.32. The maximum atomic E-state index is 4.30. The van der Waals surface area contributed by atoms with Crippen LogP contribution in [0, 0.1) is 0 Å². The van der Waals surface area contributed by atoms with Crippen molar-refractivity contribution in [2.45, 2.75) is 46.0 Å². The van der Waals surface area contributed by atoms with E-state index in [1.54, 1.807) is 11.3 Å². The lowest BCUT2D eigenvalue weighted by molar-refractivity contribution is 0.637. The summed E-state index contributed by atoms with van der Waals surface area (Å²) in [5.74, 6) is 0.370. The van der Waals surface area contributed by atoms with Gasteiger partial charge in [0.15, 0.2) is 5.01 Å². The quantitative estimate of drug-likeness (QED) is 0.759. The third-order valence-electron chi connectivity index (χ3n) is 2.89. The minimum Gasteiger partial charge on any atom is -0.317 e. The second-order valence-corrected chi connectivity index (χ2v) is 6.81. The lowest BCUT2D eigenvalue weighted by Gasteiger charge is -2.00. The predicted molar refractivity (Wildman–Crippen MR) is 84.4 cm³/mol. The van der Waals surface area contributed by atoms with Crippen molar-refractivity contribution in [2.75, 3.05) is 13.1 Å². The van der Waals surface area contributed by atoms with E-state index in [-0.39, 0.29) is 0 Å². The molecule has 0 atom stereocenters. The zero-order valence-electron chi connectivity index (χ0n) is 12.2. The highest BCUT2D eigenvalue weighted by Gasteiger charge is 2.17. The van der Waals surface area contributed by atoms with Crippen LogP contribution in [0.4, 0.5) is 0 Å². The van der Waals surface area contributed by atoms with Gasteiger partial charge in [0.25, 0.3) is 0 Å². The molecule has 0 saturated carbocycles. The van der Waals surface area contributed by atoms with Gasteiger partial charge in [0.05, 0.1) is 5.69 Å². The van der Waals surface area contributed by atoms with Crippen LogP contribution < -0.4 is 5.32 Å². The standard InChI is InChI=1S/C13H21N5S2/c1-4-7-14-8-5-6-10-15-17-13(19-10)12-11(9(2)3)16-18-20-12/h9,14H,4-8H2,1-3H3. The van der Waals surface area contributed by atoms with Crippen molar-refractivity contribution in [3.8, 4) is 9.88 Å². The molecule has 0 aliphatic carbocycles. The van der Waals surface area contributed by atoms with Gasteiger partial charge >= 0.3 is 0 Å². The van der Waals surface area contributed by atoms with Crippen LogP contribution in [0.15, 0.2) is 0 Å². The number of nitrogens with one attached hydrogen (secondary N) is 1. The molecule has 0 fully saturated rings. The summed E-state index contributed by atoms with van der Waals surface area (Å²) >= 11 is 3.08. The first-order valence-corrected chi connectivity index (χ1v) is 8.67. The summed E-state index contributed by atoms with van der Waals surface area (Å²) in [5.41, 5.74) is 1.03. The zero-order chi connectivity index (χ0) is 14.4. The topological polar surface area (TPSA) is 63.6 Å². The number of rotatable bonds is 8. The summed E-state index contributed by atoms with van der Waals surface area (Å²) in [5, 5.41) is 18.2. The van der Waals surface area contributed by atoms with Crippen LogP contribution in [0.3, 0.4) is 0 Å². The summed E-state index contributed by atoms with van der Waals surface area (Å²) in [7, 11) is 0. The van der Waals surface area contributed by atoms with Crippen molar-refractivity contribution in [3.05, 3.63) is 10.7 Å². The first-order valence-electron chi connectivity index (χ1n) is 7.08. The van der Waals surface area contributed by atoms with E-state index in [0.717, 1.165) is 46.5 Å². The summed E-state index contributed by atoms with van der Waals surface area (Å²) in [6.45, 7) is 8.57. The Kier molecular flexibility index (Phi) is 6.00. The molecule has 0 radical (unpaired) electrons. The van der Waals surface area contributed by atoms with Crippen molar-refractivity contribution in [2.24, 2.45) is 0 Å². The summed E-state index contributed by atoms with van der Waals surface area (Å²) in [6.07, 6.45) is 3.27. The summed E-state index contributed by atoms with van der Waals surface area (Å²) in [4.78, 5) is 1.08. The molecule has 20 heavy (non-hydrogen) atoms. The highest BCUT2D eigenvalue weighted by atomic mass is 32.1. The summed E-state index contributed by atoms with van der Waals surface area (Å²) < 4.78 is 4.05. The molecule has 2 aromatic rings. The van der Waals surface area contributed by atoms with Crippen molar-refractivity contribution < 1.29 is 0 Å². The molecule has 2 rings (SSSR count). The second kappa shape index (κ2) is 7.75. The molecule has 0 spiro atoms. The van der Waals surface area contributed by atoms with E-state index >= 15 is 0 Å². The monoisotopic (exact) mass is 311 g/mol. The van der Waals surface area contributed by atoms with Gasteiger partial charge in [0.2, 0.25) is 0 Å². The number of hydrogen-bond acceptors (Lipinski definition) is 7. The first kappa shape index (κ1) is 15.5. The zero-order valence-corrected chi connectivity index (χ0v) is 13.9. The van der Waals surface area contributed by atoms with Gasteiger partial charge in [-0.3, -0.25) is 0 Å². The molecule has 110 valence electrons. The predicted octanol–water partition coefficient (Wildman–Crippen LogP) is 3.11. The summed E-state index contributed by atoms with van der Waals surface area (Å²) in [6, 6.07) is 0. The molecule has 0 bridgehead atoms. The molecule has 2 aromatic heterocycles. The third kappa shape index (κ3) is 4.04. The first-order chi connectivity index (χ1) is 9.72. The van der Waals surface area contributed by atoms with Crippen molar-refractivity contribution in [1.29, 1.82) is 0 Å². The van der Waals surface area contributed by atoms with Crippen LogP contribution in [0.2, 0.25) is 0 Å². The SMILES string of the molecule is CCCNCCCc1nnc(-c2snnc2C(C)C)s1. The van der Waals surface area contributed by atoms with Gasteiger partial charge in [0.1, 0.15) is 9.88 Å². The van der Waals surface area contributed by atoms with Crippen LogP contribution >= 0.6 is 22.9 Å². The number of aromatic nitrogens is 4. The maximum absolute atomic E-state index is 4.30. The Morgan fingerprint density at radius 2 is 2.00 bits per heavy atom. The Balaban J connectivity index is 1.93. The Bertz CT molecular complexity index is 520. The Labute approximate surface area is 128 Å². The van der Waals surface area contributed by atoms with Crippen molar-refractivity contribution >= 4 is 22.9 Å². The molecule has 0 amide bonds. The van der Waals surface area contributed by atoms with E-state index < -0.39 is 0 Å². The van der Waals surface area contributed by atoms with E-state index in [2.05, 4.69) is 45.9 Å². The molecule has 0 saturated heterocycles. The van der Waals surface area contributed by atoms with Gasteiger partial charge in [-0.05, 0) is 43.4 Å². The number of hydrogen-bond donors (Lipinski definition) is 1. The molecule has 1 N–H and O–H groups in total. The fourth-order valence-electron chi connectivity index (χ4n) is 1.84. The normalized spacial score (nSPS) is 11.4. The fraction of sp³-hybridized carbons (Fsp3) is 0.692. The largest absolute Gasteiger partial charge is 0.317 e. The van der Waals surface area contributed by atoms with Gasteiger partial charge in [-0.15, -0.1) is 15.3 Å². The van der Waals surface area contributed by atoms with E-state index in [4.69, 9.17) is 0 Å². The van der Waals surface area contributed by atoms with E-state index in [1.807, 2.05) is 0 Å². The number of aryl methyl sites for hydroxylation is 1. The van der Waals surface area contributed by atoms with Crippen LogP contribution in [0.1, 0.15) is 50.2 Å². The smallest absolute Gasteiger partial charge is 0.161 e. The Morgan fingerprint density at radius 1 is 1.15 bits per heavy atom. The molecule has 0 aliphatic rings. The molecular weight excluding hydrogens is 290 g/mol. The molecule has 7 heteroatoms. The van der Waals surface area contributed by atoms with E-state index in [9.17, 15) is 0 Å². The molecule has 2 heterocycles. The maximum Gasteiger partial charge on any atom is 0.161 e. The van der Waals surface area contributed by atoms with Gasteiger partial charge in [0, 0.05) is 6.42 Å². The number of nitrogens with zero attached hydrogens (tertiary/aromatic N) is 4. The Hall–Kier alpha value is -0.920. The van der Waals surface area contributed by atoms with E-state index in [0.29, 0.717) is 5.92 Å². The van der Waals surface area contributed by atoms with Crippen molar-refractivity contribution in [3.63, 3.8) is 0 Å². The van der Waals surface area contributed by atoms with Crippen LogP contribution in [-0.4, -0.2) is 32.9 Å². The molecule has 0 aromatic carbocycles. The minimum absolute atomic E-state index is 0.370. The molecular formula is C13H21N5S2. The van der Waals surface area contributed by atoms with Crippen LogP contribution in [-0.2, 0) is 6.42 Å². The fourth-order valence-corrected chi connectivity index (χ4v) is 3.60. The lowest BCUT2D eigenvalue weighted by Crippen LogP contribution is -2.16. The minimum atomic E-state index is 0.370. The molecule has 0 unspecified atom stereocenters. The van der Waals surface area contributed by atoms with E-state index in [1.165, 1.54) is 18.0 Å². The van der Waals surface area contributed by atoms with Gasteiger partial charge in [-0.25, -0.2) is 0 Å². The van der Waals surface area contributed by atoms with Crippen LogP contribution in [0.25, 0.3) is 9.88 Å². The van der Waals surface area contributed by atoms with Gasteiger partial charge < -0.3 is 5.32 Å². The third-order valence-corrected chi connectivity index (χ3v) is 4.77. The van der Waals surface area contributed by atoms with Crippen LogP contribution in [0.5, 0.6) is 0 Å². The average Bonchev–Trinajstić information content (AvgIpc) is 3.06. The lowest BCUT2D eigenvalue weighted by atomic mass is 10.1. The molecule has 0 aliphatic heterocycles. The van der Waals surface area contributed by atoms with Gasteiger partial charge in [-0.1, -0.05) is 36.6 Å². The average molecular weight is 311 g/mol. The van der Waals surface area contributed by atoms with Gasteiger partial charge in [-0.2, -0.15) is 0 Å². The molecule has 5 nitrogen and oxygen atoms in total. The second-order valence-electron chi connectivity index (χ2n) is 5.00. The Morgan fingerprint density at radius 3 is 2.75 bits per heavy atom.